The predicted octanol–water partition coefficient (Wildman–Crippen LogP) is 2.29. The van der Waals surface area contributed by atoms with Gasteiger partial charge in [0.15, 0.2) is 0 Å². The number of ether oxygens (including phenoxy) is 1. The Bertz CT molecular complexity index is 390. The normalized spacial score (nSPS) is 12.6. The number of aliphatic hydroxyl groups is 1. The summed E-state index contributed by atoms with van der Waals surface area (Å²) in [6.07, 6.45) is -0.841. The van der Waals surface area contributed by atoms with Gasteiger partial charge in [-0.25, -0.2) is 0 Å². The van der Waals surface area contributed by atoms with Crippen molar-refractivity contribution in [2.75, 3.05) is 7.11 Å². The van der Waals surface area contributed by atoms with Crippen LogP contribution in [0.2, 0.25) is 0 Å². The maximum Gasteiger partial charge on any atom is 0.278 e. The summed E-state index contributed by atoms with van der Waals surface area (Å²) in [6.45, 7) is 3.61. The van der Waals surface area contributed by atoms with Crippen LogP contribution in [0.15, 0.2) is 18.2 Å². The number of hydrogen-bond acceptors (Lipinski definition) is 4. The SMILES string of the molecule is COc1ccc([C@@H](O)C(C)C)c([N+](=O)[O-])c1. The van der Waals surface area contributed by atoms with Crippen LogP contribution in [-0.2, 0) is 0 Å². The lowest BCUT2D eigenvalue weighted by Crippen LogP contribution is -2.08. The zero-order chi connectivity index (χ0) is 12.3. The van der Waals surface area contributed by atoms with Gasteiger partial charge < -0.3 is 9.84 Å². The quantitative estimate of drug-likeness (QED) is 0.630. The first-order valence-corrected chi connectivity index (χ1v) is 4.97. The lowest BCUT2D eigenvalue weighted by atomic mass is 9.97. The Morgan fingerprint density at radius 3 is 2.50 bits per heavy atom. The molecule has 0 aliphatic rings. The van der Waals surface area contributed by atoms with Crippen molar-refractivity contribution >= 4 is 5.69 Å². The van der Waals surface area contributed by atoms with Crippen LogP contribution in [0.4, 0.5) is 5.69 Å². The molecule has 16 heavy (non-hydrogen) atoms. The van der Waals surface area contributed by atoms with Crippen molar-refractivity contribution < 1.29 is 14.8 Å². The first kappa shape index (κ1) is 12.4. The minimum Gasteiger partial charge on any atom is -0.497 e. The van der Waals surface area contributed by atoms with E-state index in [1.165, 1.54) is 19.2 Å². The van der Waals surface area contributed by atoms with Gasteiger partial charge in [0.05, 0.1) is 29.8 Å². The highest BCUT2D eigenvalue weighted by atomic mass is 16.6. The number of rotatable bonds is 4. The molecule has 1 atom stereocenters. The number of nitrogens with zero attached hydrogens (tertiary/aromatic N) is 1. The third-order valence-corrected chi connectivity index (χ3v) is 2.38. The first-order valence-electron chi connectivity index (χ1n) is 4.97. The van der Waals surface area contributed by atoms with E-state index in [0.29, 0.717) is 11.3 Å². The standard InChI is InChI=1S/C11H15NO4/c1-7(2)11(13)9-5-4-8(16-3)6-10(9)12(14)15/h4-7,11,13H,1-3H3/t11-/m0/s1. The van der Waals surface area contributed by atoms with Gasteiger partial charge in [-0.1, -0.05) is 13.8 Å². The van der Waals surface area contributed by atoms with E-state index in [1.54, 1.807) is 19.9 Å². The van der Waals surface area contributed by atoms with Crippen LogP contribution in [0.3, 0.4) is 0 Å². The Morgan fingerprint density at radius 1 is 1.44 bits per heavy atom. The van der Waals surface area contributed by atoms with Gasteiger partial charge in [-0.3, -0.25) is 10.1 Å². The highest BCUT2D eigenvalue weighted by Gasteiger charge is 2.23. The van der Waals surface area contributed by atoms with Crippen LogP contribution in [0.25, 0.3) is 0 Å². The van der Waals surface area contributed by atoms with E-state index < -0.39 is 11.0 Å². The Morgan fingerprint density at radius 2 is 2.06 bits per heavy atom. The number of benzene rings is 1. The second-order valence-corrected chi connectivity index (χ2v) is 3.87. The molecule has 1 aromatic carbocycles. The second-order valence-electron chi connectivity index (χ2n) is 3.87. The molecule has 0 amide bonds. The molecule has 0 radical (unpaired) electrons. The topological polar surface area (TPSA) is 72.6 Å². The highest BCUT2D eigenvalue weighted by molar-refractivity contribution is 5.47. The maximum atomic E-state index is 10.9. The van der Waals surface area contributed by atoms with E-state index in [-0.39, 0.29) is 11.6 Å². The van der Waals surface area contributed by atoms with Gasteiger partial charge in [0.1, 0.15) is 5.75 Å². The Kier molecular flexibility index (Phi) is 3.84. The lowest BCUT2D eigenvalue weighted by Gasteiger charge is -2.15. The molecule has 1 rings (SSSR count). The van der Waals surface area contributed by atoms with Crippen molar-refractivity contribution in [3.63, 3.8) is 0 Å². The summed E-state index contributed by atoms with van der Waals surface area (Å²) in [4.78, 5) is 10.3. The lowest BCUT2D eigenvalue weighted by molar-refractivity contribution is -0.386. The largest absolute Gasteiger partial charge is 0.497 e. The van der Waals surface area contributed by atoms with E-state index in [4.69, 9.17) is 4.74 Å². The molecule has 0 heterocycles. The highest BCUT2D eigenvalue weighted by Crippen LogP contribution is 2.32. The Balaban J connectivity index is 3.23. The fourth-order valence-corrected chi connectivity index (χ4v) is 1.42. The van der Waals surface area contributed by atoms with Crippen molar-refractivity contribution in [2.45, 2.75) is 20.0 Å². The Labute approximate surface area is 93.8 Å². The molecule has 0 fully saturated rings. The Hall–Kier alpha value is -1.62. The van der Waals surface area contributed by atoms with Crippen molar-refractivity contribution in [1.29, 1.82) is 0 Å². The van der Waals surface area contributed by atoms with Crippen LogP contribution >= 0.6 is 0 Å². The minimum absolute atomic E-state index is 0.0768. The number of aliphatic hydroxyl groups excluding tert-OH is 1. The van der Waals surface area contributed by atoms with Crippen LogP contribution in [-0.4, -0.2) is 17.1 Å². The molecule has 0 saturated carbocycles. The molecule has 0 bridgehead atoms. The van der Waals surface area contributed by atoms with E-state index in [9.17, 15) is 15.2 Å². The van der Waals surface area contributed by atoms with Crippen LogP contribution in [0.1, 0.15) is 25.5 Å². The molecule has 0 aliphatic carbocycles. The summed E-state index contributed by atoms with van der Waals surface area (Å²) in [5.74, 6) is 0.332. The van der Waals surface area contributed by atoms with Gasteiger partial charge in [0.2, 0.25) is 0 Å². The van der Waals surface area contributed by atoms with E-state index in [0.717, 1.165) is 0 Å². The van der Waals surface area contributed by atoms with Gasteiger partial charge in [0, 0.05) is 0 Å². The molecule has 1 aromatic rings. The summed E-state index contributed by atoms with van der Waals surface area (Å²) in [5.41, 5.74) is 0.210. The fraction of sp³-hybridized carbons (Fsp3) is 0.455. The van der Waals surface area contributed by atoms with Gasteiger partial charge in [-0.2, -0.15) is 0 Å². The number of methoxy groups -OCH3 is 1. The zero-order valence-corrected chi connectivity index (χ0v) is 9.51. The first-order chi connectivity index (χ1) is 7.47. The summed E-state index contributed by atoms with van der Waals surface area (Å²) in [6, 6.07) is 4.45. The molecular formula is C11H15NO4. The van der Waals surface area contributed by atoms with Gasteiger partial charge >= 0.3 is 0 Å². The van der Waals surface area contributed by atoms with Crippen LogP contribution in [0.5, 0.6) is 5.75 Å². The van der Waals surface area contributed by atoms with Crippen molar-refractivity contribution in [1.82, 2.24) is 0 Å². The molecule has 5 nitrogen and oxygen atoms in total. The fourth-order valence-electron chi connectivity index (χ4n) is 1.42. The summed E-state index contributed by atoms with van der Waals surface area (Å²) < 4.78 is 4.91. The smallest absolute Gasteiger partial charge is 0.278 e. The predicted molar refractivity (Wildman–Crippen MR) is 59.4 cm³/mol. The molecule has 1 N–H and O–H groups in total. The molecule has 0 unspecified atom stereocenters. The van der Waals surface area contributed by atoms with E-state index in [1.807, 2.05) is 0 Å². The molecule has 0 spiro atoms. The molecule has 0 aliphatic heterocycles. The summed E-state index contributed by atoms with van der Waals surface area (Å²) in [5, 5.41) is 20.7. The summed E-state index contributed by atoms with van der Waals surface area (Å²) >= 11 is 0. The van der Waals surface area contributed by atoms with Crippen LogP contribution in [0, 0.1) is 16.0 Å². The van der Waals surface area contributed by atoms with Crippen molar-refractivity contribution in [2.24, 2.45) is 5.92 Å². The number of nitro benzene ring substituents is 1. The second kappa shape index (κ2) is 4.94. The van der Waals surface area contributed by atoms with Crippen molar-refractivity contribution in [3.05, 3.63) is 33.9 Å². The van der Waals surface area contributed by atoms with Gasteiger partial charge in [-0.15, -0.1) is 0 Å². The summed E-state index contributed by atoms with van der Waals surface area (Å²) in [7, 11) is 1.44. The molecular weight excluding hydrogens is 210 g/mol. The monoisotopic (exact) mass is 225 g/mol. The molecule has 5 heteroatoms. The average molecular weight is 225 g/mol. The van der Waals surface area contributed by atoms with Crippen LogP contribution < -0.4 is 4.74 Å². The molecule has 88 valence electrons. The average Bonchev–Trinajstić information content (AvgIpc) is 2.26. The van der Waals surface area contributed by atoms with Crippen molar-refractivity contribution in [3.8, 4) is 5.75 Å². The third-order valence-electron chi connectivity index (χ3n) is 2.38. The maximum absolute atomic E-state index is 10.9. The van der Waals surface area contributed by atoms with Gasteiger partial charge in [0.25, 0.3) is 5.69 Å². The number of hydrogen-bond donors (Lipinski definition) is 1. The molecule has 0 aromatic heterocycles. The third kappa shape index (κ3) is 2.49. The van der Waals surface area contributed by atoms with E-state index >= 15 is 0 Å². The van der Waals surface area contributed by atoms with Gasteiger partial charge in [-0.05, 0) is 18.1 Å². The molecule has 0 saturated heterocycles. The van der Waals surface area contributed by atoms with E-state index in [2.05, 4.69) is 0 Å². The zero-order valence-electron chi connectivity index (χ0n) is 9.51. The number of nitro groups is 1. The minimum atomic E-state index is -0.841.